The molecule has 1 heterocycles. The minimum Gasteiger partial charge on any atom is -0.381 e. The summed E-state index contributed by atoms with van der Waals surface area (Å²) in [4.78, 5) is 37.8. The first kappa shape index (κ1) is 23.2. The van der Waals surface area contributed by atoms with Gasteiger partial charge in [0.2, 0.25) is 19.2 Å². The molecule has 0 bridgehead atoms. The Labute approximate surface area is 181 Å². The average molecular weight is 446 g/mol. The molecule has 3 rings (SSSR count). The predicted molar refractivity (Wildman–Crippen MR) is 114 cm³/mol. The van der Waals surface area contributed by atoms with Gasteiger partial charge in [-0.05, 0) is 37.0 Å². The van der Waals surface area contributed by atoms with Crippen molar-refractivity contribution in [3.05, 3.63) is 48.0 Å². The van der Waals surface area contributed by atoms with Crippen LogP contribution >= 0.6 is 7.37 Å². The molecule has 2 fully saturated rings. The first-order valence-electron chi connectivity index (χ1n) is 10.1. The number of rotatable bonds is 9. The highest BCUT2D eigenvalue weighted by Gasteiger charge is 2.65. The van der Waals surface area contributed by atoms with Crippen LogP contribution in [-0.4, -0.2) is 57.9 Å². The quantitative estimate of drug-likeness (QED) is 0.250. The summed E-state index contributed by atoms with van der Waals surface area (Å²) in [5.74, 6) is -1.12. The molecule has 1 aromatic carbocycles. The third-order valence-corrected chi connectivity index (χ3v) is 8.62. The third kappa shape index (κ3) is 4.73. The fourth-order valence-corrected chi connectivity index (χ4v) is 6.58. The molecule has 31 heavy (non-hydrogen) atoms. The largest absolute Gasteiger partial charge is 0.381 e. The third-order valence-electron chi connectivity index (χ3n) is 5.95. The van der Waals surface area contributed by atoms with Gasteiger partial charge in [0.05, 0.1) is 31.1 Å². The van der Waals surface area contributed by atoms with Crippen molar-refractivity contribution in [3.8, 4) is 6.07 Å². The second-order valence-corrected chi connectivity index (χ2v) is 10.5. The maximum absolute atomic E-state index is 13.4. The molecule has 1 saturated carbocycles. The first-order chi connectivity index (χ1) is 14.8. The number of benzene rings is 1. The molecule has 3 unspecified atom stereocenters. The van der Waals surface area contributed by atoms with Gasteiger partial charge in [0, 0.05) is 12.5 Å². The van der Waals surface area contributed by atoms with Crippen LogP contribution in [0.2, 0.25) is 0 Å². The minimum atomic E-state index is -3.93. The number of carbonyl (C=O) groups excluding carboxylic acids is 2. The molecule has 1 aromatic rings. The van der Waals surface area contributed by atoms with E-state index in [-0.39, 0.29) is 31.3 Å². The summed E-state index contributed by atoms with van der Waals surface area (Å²) in [7, 11) is -3.93. The van der Waals surface area contributed by atoms with Gasteiger partial charge in [0.25, 0.3) is 0 Å². The number of aliphatic hydroxyl groups is 1. The molecule has 166 valence electrons. The van der Waals surface area contributed by atoms with Gasteiger partial charge in [-0.2, -0.15) is 5.26 Å². The van der Waals surface area contributed by atoms with Crippen LogP contribution in [0.4, 0.5) is 0 Å². The van der Waals surface area contributed by atoms with Gasteiger partial charge in [-0.1, -0.05) is 18.2 Å². The lowest BCUT2D eigenvalue weighted by Crippen LogP contribution is -2.51. The Morgan fingerprint density at radius 2 is 2.23 bits per heavy atom. The number of carbonyl (C=O) groups is 2. The Kier molecular flexibility index (Phi) is 6.97. The van der Waals surface area contributed by atoms with Gasteiger partial charge in [-0.25, -0.2) is 0 Å². The van der Waals surface area contributed by atoms with Crippen LogP contribution in [0.3, 0.4) is 0 Å². The smallest absolute Gasteiger partial charge is 0.243 e. The number of hydrogen-bond donors (Lipinski definition) is 4. The Hall–Kier alpha value is -2.50. The summed E-state index contributed by atoms with van der Waals surface area (Å²) < 4.78 is 13.4. The minimum absolute atomic E-state index is 0.0889. The second kappa shape index (κ2) is 9.33. The van der Waals surface area contributed by atoms with Crippen LogP contribution < -0.4 is 10.6 Å². The number of nitriles is 1. The summed E-state index contributed by atoms with van der Waals surface area (Å²) >= 11 is 0. The predicted octanol–water partition coefficient (Wildman–Crippen LogP) is 0.877. The topological polar surface area (TPSA) is 143 Å². The van der Waals surface area contributed by atoms with Crippen molar-refractivity contribution in [1.82, 2.24) is 15.5 Å². The van der Waals surface area contributed by atoms with Gasteiger partial charge in [0.1, 0.15) is 11.3 Å². The number of nitrogens with one attached hydrogen (secondary N) is 2. The lowest BCUT2D eigenvalue weighted by molar-refractivity contribution is -0.138. The van der Waals surface area contributed by atoms with Gasteiger partial charge in [0.15, 0.2) is 0 Å². The zero-order valence-corrected chi connectivity index (χ0v) is 18.1. The Morgan fingerprint density at radius 3 is 2.87 bits per heavy atom. The molecule has 4 N–H and O–H groups in total. The molecule has 2 aliphatic rings. The van der Waals surface area contributed by atoms with Crippen molar-refractivity contribution >= 4 is 19.2 Å². The summed E-state index contributed by atoms with van der Waals surface area (Å²) in [6.07, 6.45) is 2.79. The van der Waals surface area contributed by atoms with Gasteiger partial charge < -0.3 is 20.2 Å². The maximum Gasteiger partial charge on any atom is 0.243 e. The van der Waals surface area contributed by atoms with E-state index >= 15 is 0 Å². The number of amides is 2. The molecule has 9 nitrogen and oxygen atoms in total. The van der Waals surface area contributed by atoms with Crippen LogP contribution in [-0.2, 0) is 20.3 Å². The highest BCUT2D eigenvalue weighted by Crippen LogP contribution is 2.70. The lowest BCUT2D eigenvalue weighted by Gasteiger charge is -2.29. The number of likely N-dealkylation sites (tertiary alicyclic amines) is 1. The highest BCUT2D eigenvalue weighted by atomic mass is 31.2. The van der Waals surface area contributed by atoms with Crippen LogP contribution in [0.15, 0.2) is 36.9 Å². The van der Waals surface area contributed by atoms with Crippen LogP contribution in [0.25, 0.3) is 0 Å². The Balaban J connectivity index is 1.77. The van der Waals surface area contributed by atoms with E-state index in [0.717, 1.165) is 0 Å². The number of hydrogen-bond acceptors (Lipinski definition) is 6. The van der Waals surface area contributed by atoms with E-state index in [1.165, 1.54) is 4.90 Å². The van der Waals surface area contributed by atoms with Crippen molar-refractivity contribution in [2.24, 2.45) is 5.92 Å². The van der Waals surface area contributed by atoms with Crippen LogP contribution in [0.5, 0.6) is 0 Å². The van der Waals surface area contributed by atoms with E-state index in [1.54, 1.807) is 30.3 Å². The zero-order valence-electron chi connectivity index (χ0n) is 17.2. The SMILES string of the molecule is C=CC1C[C@]1(NC(=O)C1CCCN1C(=O)CNCO)P(=O)(O)Cc1cccc(C#N)c1. The molecule has 1 aliphatic heterocycles. The van der Waals surface area contributed by atoms with E-state index in [1.807, 2.05) is 6.07 Å². The van der Waals surface area contributed by atoms with E-state index in [4.69, 9.17) is 10.4 Å². The molecule has 2 amide bonds. The van der Waals surface area contributed by atoms with Crippen molar-refractivity contribution < 1.29 is 24.2 Å². The van der Waals surface area contributed by atoms with Crippen molar-refractivity contribution in [1.29, 1.82) is 5.26 Å². The summed E-state index contributed by atoms with van der Waals surface area (Å²) in [5.41, 5.74) is 0.934. The van der Waals surface area contributed by atoms with E-state index in [0.29, 0.717) is 36.9 Å². The van der Waals surface area contributed by atoms with E-state index in [9.17, 15) is 19.0 Å². The van der Waals surface area contributed by atoms with Gasteiger partial charge >= 0.3 is 0 Å². The van der Waals surface area contributed by atoms with E-state index in [2.05, 4.69) is 17.2 Å². The maximum atomic E-state index is 13.4. The molecule has 0 spiro atoms. The normalized spacial score (nSPS) is 26.5. The monoisotopic (exact) mass is 446 g/mol. The lowest BCUT2D eigenvalue weighted by atomic mass is 10.2. The summed E-state index contributed by atoms with van der Waals surface area (Å²) in [6.45, 7) is 3.71. The average Bonchev–Trinajstić information content (AvgIpc) is 3.25. The van der Waals surface area contributed by atoms with Gasteiger partial charge in [-0.3, -0.25) is 19.5 Å². The summed E-state index contributed by atoms with van der Waals surface area (Å²) in [5, 5.41) is 21.9. The first-order valence-corrected chi connectivity index (χ1v) is 12.0. The van der Waals surface area contributed by atoms with Crippen molar-refractivity contribution in [3.63, 3.8) is 0 Å². The number of nitrogens with zero attached hydrogens (tertiary/aromatic N) is 2. The molecular formula is C21H27N4O5P. The second-order valence-electron chi connectivity index (χ2n) is 7.96. The standard InChI is InChI=1S/C21H27N4O5P/c1-2-17-10-21(17,31(29,30)13-16-6-3-5-15(9-16)11-22)24-20(28)18-7-4-8-25(18)19(27)12-23-14-26/h2-3,5-6,9,17-18,23,26H,1,4,7-8,10,12-14H2,(H,24,28)(H,29,30)/t17?,18?,21-/m0/s1. The van der Waals surface area contributed by atoms with Crippen LogP contribution in [0.1, 0.15) is 30.4 Å². The van der Waals surface area contributed by atoms with Gasteiger partial charge in [-0.15, -0.1) is 6.58 Å². The molecular weight excluding hydrogens is 419 g/mol. The van der Waals surface area contributed by atoms with E-state index < -0.39 is 24.6 Å². The molecule has 0 radical (unpaired) electrons. The molecule has 1 aliphatic carbocycles. The van der Waals surface area contributed by atoms with Crippen LogP contribution in [0, 0.1) is 17.2 Å². The molecule has 10 heteroatoms. The number of aliphatic hydroxyl groups excluding tert-OH is 1. The fourth-order valence-electron chi connectivity index (χ4n) is 4.21. The van der Waals surface area contributed by atoms with Crippen molar-refractivity contribution in [2.45, 2.75) is 36.7 Å². The molecule has 1 saturated heterocycles. The summed E-state index contributed by atoms with van der Waals surface area (Å²) in [6, 6.07) is 7.80. The fraction of sp³-hybridized carbons (Fsp3) is 0.476. The Bertz CT molecular complexity index is 961. The molecule has 4 atom stereocenters. The zero-order chi connectivity index (χ0) is 22.6. The highest BCUT2D eigenvalue weighted by molar-refractivity contribution is 7.59. The Morgan fingerprint density at radius 1 is 1.45 bits per heavy atom. The van der Waals surface area contributed by atoms with Crippen molar-refractivity contribution in [2.75, 3.05) is 19.8 Å². The molecule has 0 aromatic heterocycles.